The molecule has 0 spiro atoms. The minimum Gasteiger partial charge on any atom is -0.377 e. The summed E-state index contributed by atoms with van der Waals surface area (Å²) in [4.78, 5) is 34.1. The van der Waals surface area contributed by atoms with Crippen LogP contribution < -0.4 is 5.32 Å². The first-order chi connectivity index (χ1) is 17.7. The number of nitrogens with zero attached hydrogens (tertiary/aromatic N) is 6. The molecule has 182 valence electrons. The van der Waals surface area contributed by atoms with Gasteiger partial charge in [-0.15, -0.1) is 0 Å². The zero-order valence-electron chi connectivity index (χ0n) is 19.4. The van der Waals surface area contributed by atoms with E-state index in [2.05, 4.69) is 25.3 Å². The van der Waals surface area contributed by atoms with Crippen LogP contribution in [0.1, 0.15) is 30.4 Å². The molecule has 36 heavy (non-hydrogen) atoms. The van der Waals surface area contributed by atoms with Crippen LogP contribution >= 0.6 is 0 Å². The number of carbonyl (C=O) groups is 1. The standard InChI is InChI=1S/C25H23FN8O2/c1-15(31-24-22-23(28-12-27-22)29-13-30-24)25-32-21-18(34(25)16-5-3-2-4-6-16)8-7-17(26)20(21)19-11-36-10-9-33(19)14-35/h2-8,12-15,19H,9-11H2,1H3,(H2,27,28,29,30,31). The van der Waals surface area contributed by atoms with Crippen LogP contribution in [0.25, 0.3) is 27.9 Å². The lowest BCUT2D eigenvalue weighted by Crippen LogP contribution is -2.39. The largest absolute Gasteiger partial charge is 0.377 e. The molecule has 0 saturated carbocycles. The molecule has 4 heterocycles. The number of para-hydroxylation sites is 1. The Bertz CT molecular complexity index is 1550. The number of aromatic amines is 1. The number of hydrogen-bond donors (Lipinski definition) is 2. The Morgan fingerprint density at radius 3 is 2.89 bits per heavy atom. The van der Waals surface area contributed by atoms with Gasteiger partial charge in [-0.25, -0.2) is 24.3 Å². The van der Waals surface area contributed by atoms with E-state index in [1.54, 1.807) is 17.3 Å². The Morgan fingerprint density at radius 1 is 1.19 bits per heavy atom. The molecule has 2 aromatic carbocycles. The number of halogens is 1. The molecule has 11 heteroatoms. The quantitative estimate of drug-likeness (QED) is 0.353. The van der Waals surface area contributed by atoms with Crippen molar-refractivity contribution in [3.63, 3.8) is 0 Å². The maximum Gasteiger partial charge on any atom is 0.210 e. The van der Waals surface area contributed by atoms with Gasteiger partial charge in [0.1, 0.15) is 23.5 Å². The molecule has 1 fully saturated rings. The predicted octanol–water partition coefficient (Wildman–Crippen LogP) is 3.53. The Labute approximate surface area is 205 Å². The summed E-state index contributed by atoms with van der Waals surface area (Å²) in [6.45, 7) is 2.97. The van der Waals surface area contributed by atoms with Crippen molar-refractivity contribution in [2.24, 2.45) is 0 Å². The number of anilines is 1. The SMILES string of the molecule is CC(Nc1ncnc2nc[nH]c12)c1nc2c(C3COCCN3C=O)c(F)ccc2n1-c1ccccc1. The molecule has 5 aromatic rings. The Morgan fingerprint density at radius 2 is 2.06 bits per heavy atom. The highest BCUT2D eigenvalue weighted by atomic mass is 19.1. The molecule has 0 aliphatic carbocycles. The van der Waals surface area contributed by atoms with Gasteiger partial charge in [-0.2, -0.15) is 0 Å². The van der Waals surface area contributed by atoms with Crippen LogP contribution in [-0.2, 0) is 9.53 Å². The van der Waals surface area contributed by atoms with Crippen molar-refractivity contribution in [1.29, 1.82) is 0 Å². The van der Waals surface area contributed by atoms with Gasteiger partial charge in [0.05, 0.1) is 42.7 Å². The number of morpholine rings is 1. The molecule has 2 unspecified atom stereocenters. The maximum atomic E-state index is 15.4. The molecule has 0 radical (unpaired) electrons. The Kier molecular flexibility index (Phi) is 5.53. The lowest BCUT2D eigenvalue weighted by Gasteiger charge is -2.33. The summed E-state index contributed by atoms with van der Waals surface area (Å²) < 4.78 is 23.0. The van der Waals surface area contributed by atoms with Gasteiger partial charge in [0.2, 0.25) is 6.41 Å². The molecule has 1 saturated heterocycles. The number of aromatic nitrogens is 6. The number of rotatable bonds is 6. The normalized spacial score (nSPS) is 16.9. The van der Waals surface area contributed by atoms with Crippen LogP contribution in [-0.4, -0.2) is 60.6 Å². The topological polar surface area (TPSA) is 114 Å². The minimum absolute atomic E-state index is 0.203. The highest BCUT2D eigenvalue weighted by Gasteiger charge is 2.31. The predicted molar refractivity (Wildman–Crippen MR) is 131 cm³/mol. The molecule has 1 amide bonds. The number of fused-ring (bicyclic) bond motifs is 2. The molecule has 0 bridgehead atoms. The van der Waals surface area contributed by atoms with Gasteiger partial charge in [0, 0.05) is 17.8 Å². The van der Waals surface area contributed by atoms with Crippen LogP contribution in [0.2, 0.25) is 0 Å². The molecular weight excluding hydrogens is 463 g/mol. The van der Waals surface area contributed by atoms with Crippen LogP contribution in [0.3, 0.4) is 0 Å². The van der Waals surface area contributed by atoms with Crippen molar-refractivity contribution < 1.29 is 13.9 Å². The lowest BCUT2D eigenvalue weighted by molar-refractivity contribution is -0.126. The monoisotopic (exact) mass is 486 g/mol. The van der Waals surface area contributed by atoms with E-state index in [1.165, 1.54) is 12.4 Å². The molecule has 6 rings (SSSR count). The van der Waals surface area contributed by atoms with Crippen LogP contribution in [0, 0.1) is 5.82 Å². The Balaban J connectivity index is 1.53. The lowest BCUT2D eigenvalue weighted by atomic mass is 10.0. The molecule has 1 aliphatic rings. The molecule has 2 N–H and O–H groups in total. The highest BCUT2D eigenvalue weighted by Crippen LogP contribution is 2.35. The third-order valence-electron chi connectivity index (χ3n) is 6.46. The third-order valence-corrected chi connectivity index (χ3v) is 6.46. The minimum atomic E-state index is -0.568. The van der Waals surface area contributed by atoms with Crippen molar-refractivity contribution in [2.75, 3.05) is 25.1 Å². The van der Waals surface area contributed by atoms with E-state index in [1.807, 2.05) is 41.8 Å². The highest BCUT2D eigenvalue weighted by molar-refractivity contribution is 5.84. The summed E-state index contributed by atoms with van der Waals surface area (Å²) in [5, 5.41) is 3.40. The second-order valence-electron chi connectivity index (χ2n) is 8.59. The van der Waals surface area contributed by atoms with Gasteiger partial charge in [0.25, 0.3) is 0 Å². The fourth-order valence-electron chi connectivity index (χ4n) is 4.75. The van der Waals surface area contributed by atoms with E-state index in [0.29, 0.717) is 47.0 Å². The molecule has 1 aliphatic heterocycles. The van der Waals surface area contributed by atoms with E-state index in [4.69, 9.17) is 9.72 Å². The summed E-state index contributed by atoms with van der Waals surface area (Å²) in [5.74, 6) is 0.810. The molecule has 2 atom stereocenters. The van der Waals surface area contributed by atoms with E-state index in [0.717, 1.165) is 17.6 Å². The summed E-state index contributed by atoms with van der Waals surface area (Å²) in [7, 11) is 0. The summed E-state index contributed by atoms with van der Waals surface area (Å²) in [5.41, 5.74) is 3.67. The van der Waals surface area contributed by atoms with Gasteiger partial charge in [-0.1, -0.05) is 18.2 Å². The van der Waals surface area contributed by atoms with Gasteiger partial charge in [0.15, 0.2) is 11.5 Å². The average Bonchev–Trinajstić information content (AvgIpc) is 3.55. The number of ether oxygens (including phenoxy) is 1. The number of carbonyl (C=O) groups excluding carboxylic acids is 1. The first kappa shape index (κ1) is 22.1. The smallest absolute Gasteiger partial charge is 0.210 e. The number of hydrogen-bond acceptors (Lipinski definition) is 7. The van der Waals surface area contributed by atoms with Gasteiger partial charge in [-0.3, -0.25) is 9.36 Å². The summed E-state index contributed by atoms with van der Waals surface area (Å²) in [6, 6.07) is 12.0. The van der Waals surface area contributed by atoms with Gasteiger partial charge < -0.3 is 19.9 Å². The number of imidazole rings is 2. The summed E-state index contributed by atoms with van der Waals surface area (Å²) >= 11 is 0. The maximum absolute atomic E-state index is 15.4. The van der Waals surface area contributed by atoms with Crippen LogP contribution in [0.15, 0.2) is 55.1 Å². The van der Waals surface area contributed by atoms with Gasteiger partial charge >= 0.3 is 0 Å². The van der Waals surface area contributed by atoms with Crippen molar-refractivity contribution in [3.05, 3.63) is 72.3 Å². The zero-order chi connectivity index (χ0) is 24.6. The van der Waals surface area contributed by atoms with Crippen LogP contribution in [0.5, 0.6) is 0 Å². The molecule has 10 nitrogen and oxygen atoms in total. The van der Waals surface area contributed by atoms with Crippen molar-refractivity contribution in [1.82, 2.24) is 34.4 Å². The number of benzene rings is 2. The van der Waals surface area contributed by atoms with Crippen LogP contribution in [0.4, 0.5) is 10.2 Å². The fourth-order valence-corrected chi connectivity index (χ4v) is 4.75. The number of nitrogens with one attached hydrogen (secondary N) is 2. The van der Waals surface area contributed by atoms with Crippen molar-refractivity contribution >= 4 is 34.4 Å². The molecule has 3 aromatic heterocycles. The number of H-pyrrole nitrogens is 1. The first-order valence-electron chi connectivity index (χ1n) is 11.6. The summed E-state index contributed by atoms with van der Waals surface area (Å²) in [6.07, 6.45) is 3.76. The average molecular weight is 487 g/mol. The number of amides is 1. The zero-order valence-corrected chi connectivity index (χ0v) is 19.4. The Hall–Kier alpha value is -4.38. The van der Waals surface area contributed by atoms with E-state index in [-0.39, 0.29) is 12.6 Å². The second-order valence-corrected chi connectivity index (χ2v) is 8.59. The fraction of sp³-hybridized carbons (Fsp3) is 0.240. The van der Waals surface area contributed by atoms with E-state index >= 15 is 4.39 Å². The first-order valence-corrected chi connectivity index (χ1v) is 11.6. The van der Waals surface area contributed by atoms with E-state index in [9.17, 15) is 4.79 Å². The molecular formula is C25H23FN8O2. The van der Waals surface area contributed by atoms with E-state index < -0.39 is 11.9 Å². The van der Waals surface area contributed by atoms with Crippen molar-refractivity contribution in [3.8, 4) is 5.69 Å². The van der Waals surface area contributed by atoms with Crippen molar-refractivity contribution in [2.45, 2.75) is 19.0 Å². The third kappa shape index (κ3) is 3.64. The van der Waals surface area contributed by atoms with Gasteiger partial charge in [-0.05, 0) is 31.2 Å². The second kappa shape index (κ2) is 9.00.